The number of hydrogen-bond acceptors (Lipinski definition) is 4. The molecule has 0 unspecified atom stereocenters. The zero-order valence-electron chi connectivity index (χ0n) is 10.5. The number of aliphatic carboxylic acids is 1. The third kappa shape index (κ3) is 4.46. The molecule has 0 bridgehead atoms. The van der Waals surface area contributed by atoms with E-state index in [1.54, 1.807) is 4.72 Å². The zero-order chi connectivity index (χ0) is 16.2. The normalized spacial score (nSPS) is 12.9. The summed E-state index contributed by atoms with van der Waals surface area (Å²) >= 11 is 0. The fourth-order valence-electron chi connectivity index (χ4n) is 1.50. The molecule has 0 aliphatic heterocycles. The number of rotatable bonds is 7. The van der Waals surface area contributed by atoms with Crippen molar-refractivity contribution >= 4 is 21.9 Å². The first-order valence-electron chi connectivity index (χ1n) is 5.62. The second-order valence-electron chi connectivity index (χ2n) is 4.07. The van der Waals surface area contributed by atoms with Crippen molar-refractivity contribution in [3.63, 3.8) is 0 Å². The standard InChI is InChI=1S/C11H12F2N2O5S/c12-6-2-1-3-7(13)10(6)21(19,20)15-8(11(17)18)4-5-9(14)16/h1-3,8,15H,4-5H2,(H2,14,16)(H,17,18)/t8-/m1/s1. The summed E-state index contributed by atoms with van der Waals surface area (Å²) < 4.78 is 52.2. The highest BCUT2D eigenvalue weighted by Crippen LogP contribution is 2.18. The number of carbonyl (C=O) groups excluding carboxylic acids is 1. The summed E-state index contributed by atoms with van der Waals surface area (Å²) in [6, 6.07) is 0.667. The molecule has 0 aliphatic rings. The van der Waals surface area contributed by atoms with E-state index < -0.39 is 57.3 Å². The smallest absolute Gasteiger partial charge is 0.321 e. The topological polar surface area (TPSA) is 127 Å². The maximum atomic E-state index is 13.4. The Kier molecular flexibility index (Phi) is 5.33. The van der Waals surface area contributed by atoms with E-state index in [1.165, 1.54) is 0 Å². The Hall–Kier alpha value is -2.07. The van der Waals surface area contributed by atoms with Crippen LogP contribution in [-0.4, -0.2) is 31.4 Å². The van der Waals surface area contributed by atoms with Crippen LogP contribution in [0.2, 0.25) is 0 Å². The Morgan fingerprint density at radius 3 is 2.24 bits per heavy atom. The predicted molar refractivity (Wildman–Crippen MR) is 66.5 cm³/mol. The molecule has 0 aliphatic carbocycles. The summed E-state index contributed by atoms with van der Waals surface area (Å²) in [6.45, 7) is 0. The van der Waals surface area contributed by atoms with Gasteiger partial charge >= 0.3 is 5.97 Å². The van der Waals surface area contributed by atoms with Crippen molar-refractivity contribution in [3.8, 4) is 0 Å². The lowest BCUT2D eigenvalue weighted by Gasteiger charge is -2.14. The minimum Gasteiger partial charge on any atom is -0.480 e. The molecule has 10 heteroatoms. The summed E-state index contributed by atoms with van der Waals surface area (Å²) in [5, 5.41) is 8.87. The molecular weight excluding hydrogens is 310 g/mol. The first-order valence-corrected chi connectivity index (χ1v) is 7.11. The Bertz CT molecular complexity index is 642. The molecule has 1 aromatic carbocycles. The molecule has 0 aromatic heterocycles. The highest BCUT2D eigenvalue weighted by atomic mass is 32.2. The number of amides is 1. The van der Waals surface area contributed by atoms with Crippen LogP contribution in [-0.2, 0) is 19.6 Å². The zero-order valence-corrected chi connectivity index (χ0v) is 11.4. The van der Waals surface area contributed by atoms with Gasteiger partial charge < -0.3 is 10.8 Å². The largest absolute Gasteiger partial charge is 0.480 e. The first-order chi connectivity index (χ1) is 9.65. The van der Waals surface area contributed by atoms with E-state index in [1.807, 2.05) is 0 Å². The van der Waals surface area contributed by atoms with Gasteiger partial charge in [-0.05, 0) is 18.6 Å². The number of carboxylic acids is 1. The highest BCUT2D eigenvalue weighted by Gasteiger charge is 2.30. The van der Waals surface area contributed by atoms with Crippen LogP contribution in [0.4, 0.5) is 8.78 Å². The maximum Gasteiger partial charge on any atom is 0.321 e. The number of sulfonamides is 1. The van der Waals surface area contributed by atoms with E-state index in [4.69, 9.17) is 10.8 Å². The van der Waals surface area contributed by atoms with Crippen LogP contribution in [0.1, 0.15) is 12.8 Å². The minimum absolute atomic E-state index is 0.404. The lowest BCUT2D eigenvalue weighted by Crippen LogP contribution is -2.41. The number of carbonyl (C=O) groups is 2. The number of primary amides is 1. The van der Waals surface area contributed by atoms with E-state index in [-0.39, 0.29) is 0 Å². The van der Waals surface area contributed by atoms with Crippen LogP contribution in [0.15, 0.2) is 23.1 Å². The first kappa shape index (κ1) is 17.0. The third-order valence-corrected chi connectivity index (χ3v) is 3.98. The summed E-state index contributed by atoms with van der Waals surface area (Å²) in [5.41, 5.74) is 4.83. The SMILES string of the molecule is NC(=O)CC[C@@H](NS(=O)(=O)c1c(F)cccc1F)C(=O)O. The molecule has 0 saturated carbocycles. The van der Waals surface area contributed by atoms with Gasteiger partial charge in [-0.25, -0.2) is 17.2 Å². The Morgan fingerprint density at radius 2 is 1.81 bits per heavy atom. The second kappa shape index (κ2) is 6.59. The highest BCUT2D eigenvalue weighted by molar-refractivity contribution is 7.89. The van der Waals surface area contributed by atoms with Gasteiger partial charge in [-0.3, -0.25) is 9.59 Å². The monoisotopic (exact) mass is 322 g/mol. The fourth-order valence-corrected chi connectivity index (χ4v) is 2.87. The van der Waals surface area contributed by atoms with E-state index >= 15 is 0 Å². The average molecular weight is 322 g/mol. The molecular formula is C11H12F2N2O5S. The van der Waals surface area contributed by atoms with E-state index in [0.717, 1.165) is 18.2 Å². The number of halogens is 2. The summed E-state index contributed by atoms with van der Waals surface area (Å²) in [4.78, 5) is 20.2. The molecule has 0 spiro atoms. The molecule has 1 amide bonds. The molecule has 116 valence electrons. The van der Waals surface area contributed by atoms with Crippen molar-refractivity contribution in [2.24, 2.45) is 5.73 Å². The van der Waals surface area contributed by atoms with Gasteiger partial charge in [0.1, 0.15) is 17.7 Å². The van der Waals surface area contributed by atoms with Crippen LogP contribution in [0.25, 0.3) is 0 Å². The van der Waals surface area contributed by atoms with Crippen molar-refractivity contribution < 1.29 is 31.9 Å². The molecule has 4 N–H and O–H groups in total. The predicted octanol–water partition coefficient (Wildman–Crippen LogP) is -0.0382. The van der Waals surface area contributed by atoms with E-state index in [0.29, 0.717) is 0 Å². The number of hydrogen-bond donors (Lipinski definition) is 3. The Morgan fingerprint density at radius 1 is 1.29 bits per heavy atom. The van der Waals surface area contributed by atoms with Crippen molar-refractivity contribution in [2.75, 3.05) is 0 Å². The minimum atomic E-state index is -4.75. The molecule has 21 heavy (non-hydrogen) atoms. The average Bonchev–Trinajstić information content (AvgIpc) is 2.33. The number of nitrogens with two attached hydrogens (primary N) is 1. The van der Waals surface area contributed by atoms with Gasteiger partial charge in [-0.2, -0.15) is 4.72 Å². The van der Waals surface area contributed by atoms with Crippen molar-refractivity contribution in [1.29, 1.82) is 0 Å². The van der Waals surface area contributed by atoms with Crippen LogP contribution >= 0.6 is 0 Å². The summed E-state index contributed by atoms with van der Waals surface area (Å²) in [5.74, 6) is -5.16. The van der Waals surface area contributed by atoms with Gasteiger partial charge in [-0.1, -0.05) is 6.07 Å². The van der Waals surface area contributed by atoms with Crippen LogP contribution in [0.5, 0.6) is 0 Å². The molecule has 1 atom stereocenters. The van der Waals surface area contributed by atoms with Crippen molar-refractivity contribution in [3.05, 3.63) is 29.8 Å². The Balaban J connectivity index is 3.07. The molecule has 0 heterocycles. The molecule has 7 nitrogen and oxygen atoms in total. The number of benzene rings is 1. The van der Waals surface area contributed by atoms with Crippen molar-refractivity contribution in [1.82, 2.24) is 4.72 Å². The van der Waals surface area contributed by atoms with Gasteiger partial charge in [0.2, 0.25) is 15.9 Å². The van der Waals surface area contributed by atoms with Crippen LogP contribution in [0, 0.1) is 11.6 Å². The van der Waals surface area contributed by atoms with Gasteiger partial charge in [0.15, 0.2) is 4.90 Å². The quantitative estimate of drug-likeness (QED) is 0.649. The van der Waals surface area contributed by atoms with Crippen LogP contribution in [0.3, 0.4) is 0 Å². The Labute approximate surface area is 118 Å². The van der Waals surface area contributed by atoms with Gasteiger partial charge in [0.05, 0.1) is 0 Å². The lowest BCUT2D eigenvalue weighted by atomic mass is 10.2. The van der Waals surface area contributed by atoms with Crippen LogP contribution < -0.4 is 10.5 Å². The lowest BCUT2D eigenvalue weighted by molar-refractivity contribution is -0.139. The number of carboxylic acid groups (broad SMARTS) is 1. The van der Waals surface area contributed by atoms with Gasteiger partial charge in [0.25, 0.3) is 0 Å². The third-order valence-electron chi connectivity index (χ3n) is 2.46. The molecule has 1 aromatic rings. The molecule has 0 saturated heterocycles. The van der Waals surface area contributed by atoms with Crippen molar-refractivity contribution in [2.45, 2.75) is 23.8 Å². The summed E-state index contributed by atoms with van der Waals surface area (Å²) in [6.07, 6.45) is -0.848. The van der Waals surface area contributed by atoms with E-state index in [2.05, 4.69) is 0 Å². The molecule has 0 radical (unpaired) electrons. The summed E-state index contributed by atoms with van der Waals surface area (Å²) in [7, 11) is -4.75. The van der Waals surface area contributed by atoms with Gasteiger partial charge in [0, 0.05) is 6.42 Å². The van der Waals surface area contributed by atoms with Gasteiger partial charge in [-0.15, -0.1) is 0 Å². The number of nitrogens with one attached hydrogen (secondary N) is 1. The second-order valence-corrected chi connectivity index (χ2v) is 5.72. The molecule has 0 fully saturated rings. The maximum absolute atomic E-state index is 13.4. The molecule has 1 rings (SSSR count). The fraction of sp³-hybridized carbons (Fsp3) is 0.273. The van der Waals surface area contributed by atoms with E-state index in [9.17, 15) is 26.8 Å².